The number of nitrogens with one attached hydrogen (secondary N) is 2. The van der Waals surface area contributed by atoms with Gasteiger partial charge in [-0.05, 0) is 124 Å². The molecular formula is C52H78N2O7. The molecule has 1 saturated heterocycles. The van der Waals surface area contributed by atoms with Crippen molar-refractivity contribution in [1.29, 1.82) is 0 Å². The molecule has 0 spiro atoms. The molecule has 2 aliphatic rings. The number of hydrogen-bond donors (Lipinski definition) is 8. The van der Waals surface area contributed by atoms with Crippen molar-refractivity contribution in [3.8, 4) is 17.6 Å². The molecular weight excluding hydrogens is 765 g/mol. The van der Waals surface area contributed by atoms with Crippen LogP contribution in [0.4, 0.5) is 0 Å². The van der Waals surface area contributed by atoms with Gasteiger partial charge >= 0.3 is 5.97 Å². The molecule has 0 aliphatic carbocycles. The van der Waals surface area contributed by atoms with Gasteiger partial charge in [0.05, 0.1) is 24.4 Å². The van der Waals surface area contributed by atoms with Crippen LogP contribution in [0.5, 0.6) is 5.75 Å². The smallest absolute Gasteiger partial charge is 0.303 e. The van der Waals surface area contributed by atoms with Crippen molar-refractivity contribution in [1.82, 2.24) is 10.6 Å². The summed E-state index contributed by atoms with van der Waals surface area (Å²) in [5, 5.41) is 73.7. The summed E-state index contributed by atoms with van der Waals surface area (Å²) in [5.41, 5.74) is 3.51. The van der Waals surface area contributed by atoms with E-state index in [-0.39, 0.29) is 48.6 Å². The summed E-state index contributed by atoms with van der Waals surface area (Å²) in [6, 6.07) is 14.7. The van der Waals surface area contributed by atoms with E-state index < -0.39 is 36.4 Å². The molecule has 0 saturated carbocycles. The van der Waals surface area contributed by atoms with E-state index in [1.54, 1.807) is 12.1 Å². The molecule has 61 heavy (non-hydrogen) atoms. The molecule has 9 atom stereocenters. The van der Waals surface area contributed by atoms with Crippen molar-refractivity contribution < 1.29 is 35.4 Å². The molecule has 0 bridgehead atoms. The molecule has 2 aromatic rings. The number of aryl methyl sites for hydroxylation is 1. The van der Waals surface area contributed by atoms with E-state index >= 15 is 0 Å². The second-order valence-electron chi connectivity index (χ2n) is 18.7. The zero-order chi connectivity index (χ0) is 44.4. The predicted molar refractivity (Wildman–Crippen MR) is 246 cm³/mol. The van der Waals surface area contributed by atoms with Gasteiger partial charge < -0.3 is 41.3 Å². The molecule has 0 radical (unpaired) electrons. The number of fused-ring (bicyclic) bond motifs is 1. The Morgan fingerprint density at radius 3 is 2.43 bits per heavy atom. The zero-order valence-electron chi connectivity index (χ0n) is 37.8. The zero-order valence-corrected chi connectivity index (χ0v) is 37.8. The number of aliphatic carboxylic acids is 1. The average Bonchev–Trinajstić information content (AvgIpc) is 3.39. The number of phenols is 1. The largest absolute Gasteiger partial charge is 0.508 e. The lowest BCUT2D eigenvalue weighted by molar-refractivity contribution is -0.138. The summed E-state index contributed by atoms with van der Waals surface area (Å²) in [6.45, 7) is 10.2. The first-order valence-corrected chi connectivity index (χ1v) is 23.4. The maximum absolute atomic E-state index is 13.1. The van der Waals surface area contributed by atoms with Gasteiger partial charge in [0.1, 0.15) is 5.75 Å². The maximum atomic E-state index is 13.1. The second kappa shape index (κ2) is 25.6. The van der Waals surface area contributed by atoms with E-state index in [0.717, 1.165) is 85.6 Å². The summed E-state index contributed by atoms with van der Waals surface area (Å²) in [6.07, 6.45) is 14.4. The fourth-order valence-electron chi connectivity index (χ4n) is 9.55. The van der Waals surface area contributed by atoms with Crippen LogP contribution in [0.15, 0.2) is 71.8 Å². The normalized spacial score (nSPS) is 24.1. The molecule has 338 valence electrons. The van der Waals surface area contributed by atoms with Gasteiger partial charge in [0.25, 0.3) is 0 Å². The molecule has 2 aliphatic heterocycles. The highest BCUT2D eigenvalue weighted by molar-refractivity contribution is 5.67. The van der Waals surface area contributed by atoms with Gasteiger partial charge in [-0.25, -0.2) is 0 Å². The van der Waals surface area contributed by atoms with Gasteiger partial charge in [0, 0.05) is 48.5 Å². The van der Waals surface area contributed by atoms with Crippen LogP contribution in [0.1, 0.15) is 160 Å². The van der Waals surface area contributed by atoms with E-state index in [1.165, 1.54) is 0 Å². The monoisotopic (exact) mass is 843 g/mol. The number of aliphatic hydroxyl groups excluding tert-OH is 3. The highest BCUT2D eigenvalue weighted by Crippen LogP contribution is 2.39. The van der Waals surface area contributed by atoms with Gasteiger partial charge in [-0.2, -0.15) is 0 Å². The SMILES string of the molecule is CCCCCC(O)C=CC1=C(CC(O)CO)C(CCCC2NC(C)CCCC2CC(=O)O)NC(C(C)(O)C(CCC(C)C)c2ccc(O)cc2)CC#Cc2ccccc2CC1. The first-order valence-electron chi connectivity index (χ1n) is 23.4. The number of phenolic OH excluding ortho intramolecular Hbond substituents is 1. The summed E-state index contributed by atoms with van der Waals surface area (Å²) >= 11 is 0. The number of carboxylic acids is 1. The minimum Gasteiger partial charge on any atom is -0.508 e. The Kier molecular flexibility index (Phi) is 21.0. The van der Waals surface area contributed by atoms with Crippen LogP contribution in [0.2, 0.25) is 0 Å². The molecule has 2 heterocycles. The quantitative estimate of drug-likeness (QED) is 0.0454. The van der Waals surface area contributed by atoms with Gasteiger partial charge in [0.2, 0.25) is 0 Å². The molecule has 1 fully saturated rings. The minimum atomic E-state index is -1.33. The number of unbranched alkanes of at least 4 members (excludes halogenated alkanes) is 2. The molecule has 9 heteroatoms. The van der Waals surface area contributed by atoms with E-state index in [4.69, 9.17) is 0 Å². The minimum absolute atomic E-state index is 0.0153. The number of carboxylic acid groups (broad SMARTS) is 1. The summed E-state index contributed by atoms with van der Waals surface area (Å²) in [4.78, 5) is 12.0. The number of aliphatic hydroxyl groups is 4. The molecule has 2 aromatic carbocycles. The van der Waals surface area contributed by atoms with Gasteiger partial charge in [0.15, 0.2) is 0 Å². The molecule has 9 nitrogen and oxygen atoms in total. The summed E-state index contributed by atoms with van der Waals surface area (Å²) in [5.74, 6) is 6.42. The van der Waals surface area contributed by atoms with Crippen LogP contribution in [0.3, 0.4) is 0 Å². The highest BCUT2D eigenvalue weighted by Gasteiger charge is 2.42. The van der Waals surface area contributed by atoms with Crippen LogP contribution in [-0.4, -0.2) is 85.2 Å². The van der Waals surface area contributed by atoms with Crippen molar-refractivity contribution >= 4 is 5.97 Å². The molecule has 4 rings (SSSR count). The lowest BCUT2D eigenvalue weighted by Gasteiger charge is -2.43. The van der Waals surface area contributed by atoms with Crippen LogP contribution in [0, 0.1) is 23.7 Å². The number of hydrogen-bond acceptors (Lipinski definition) is 8. The van der Waals surface area contributed by atoms with Crippen LogP contribution >= 0.6 is 0 Å². The Bertz CT molecular complexity index is 1740. The third kappa shape index (κ3) is 16.3. The maximum Gasteiger partial charge on any atom is 0.303 e. The number of carbonyl (C=O) groups is 1. The predicted octanol–water partition coefficient (Wildman–Crippen LogP) is 8.71. The van der Waals surface area contributed by atoms with Gasteiger partial charge in [-0.1, -0.05) is 114 Å². The van der Waals surface area contributed by atoms with E-state index in [1.807, 2.05) is 49.4 Å². The lowest BCUT2D eigenvalue weighted by atomic mass is 9.73. The topological polar surface area (TPSA) is 163 Å². The molecule has 9 unspecified atom stereocenters. The van der Waals surface area contributed by atoms with Crippen LogP contribution in [0.25, 0.3) is 0 Å². The fourth-order valence-corrected chi connectivity index (χ4v) is 9.55. The molecule has 0 amide bonds. The van der Waals surface area contributed by atoms with Gasteiger partial charge in [-0.15, -0.1) is 0 Å². The van der Waals surface area contributed by atoms with Crippen molar-refractivity contribution in [2.45, 2.75) is 192 Å². The van der Waals surface area contributed by atoms with E-state index in [0.29, 0.717) is 44.4 Å². The van der Waals surface area contributed by atoms with E-state index in [2.05, 4.69) is 56.2 Å². The highest BCUT2D eigenvalue weighted by atomic mass is 16.4. The Hall–Kier alpha value is -3.49. The third-order valence-electron chi connectivity index (χ3n) is 13.2. The summed E-state index contributed by atoms with van der Waals surface area (Å²) < 4.78 is 0. The first kappa shape index (κ1) is 50.2. The average molecular weight is 843 g/mol. The van der Waals surface area contributed by atoms with E-state index in [9.17, 15) is 35.4 Å². The lowest BCUT2D eigenvalue weighted by Crippen LogP contribution is -2.56. The number of rotatable bonds is 21. The van der Waals surface area contributed by atoms with Crippen molar-refractivity contribution in [3.05, 3.63) is 88.5 Å². The standard InChI is InChI=1S/C52H78N2O7/c1-6-7-8-19-43(56)29-26-40-25-24-39-16-10-9-15-38(39)17-12-22-50(52(5,61)47(32-23-36(2)3)41-27-30-44(57)31-28-41)54-49(46(40)34-45(58)35-55)21-13-20-48-42(33-51(59)60)18-11-14-37(4)53-48/h9-10,15-16,26-31,36-37,42-43,45,47-50,53-58,61H,6-8,11,13-14,18-25,32-35H2,1-5H3,(H,59,60). The van der Waals surface area contributed by atoms with Crippen molar-refractivity contribution in [2.75, 3.05) is 6.61 Å². The summed E-state index contributed by atoms with van der Waals surface area (Å²) in [7, 11) is 0. The number of allylic oxidation sites excluding steroid dienone is 2. The van der Waals surface area contributed by atoms with Crippen molar-refractivity contribution in [3.63, 3.8) is 0 Å². The number of aromatic hydroxyl groups is 1. The fraction of sp³-hybridized carbons (Fsp3) is 0.635. The molecule has 0 aromatic heterocycles. The Morgan fingerprint density at radius 1 is 0.967 bits per heavy atom. The van der Waals surface area contributed by atoms with Crippen LogP contribution in [-0.2, 0) is 11.2 Å². The third-order valence-corrected chi connectivity index (χ3v) is 13.2. The number of benzene rings is 2. The Morgan fingerprint density at radius 2 is 1.72 bits per heavy atom. The second-order valence-corrected chi connectivity index (χ2v) is 18.7. The molecule has 8 N–H and O–H groups in total. The van der Waals surface area contributed by atoms with Crippen molar-refractivity contribution in [2.24, 2.45) is 11.8 Å². The van der Waals surface area contributed by atoms with Gasteiger partial charge in [-0.3, -0.25) is 4.79 Å². The Labute approximate surface area is 367 Å². The van der Waals surface area contributed by atoms with Crippen LogP contribution < -0.4 is 10.6 Å². The first-order chi connectivity index (χ1) is 29.2. The Balaban J connectivity index is 1.89.